The van der Waals surface area contributed by atoms with Crippen molar-refractivity contribution in [3.05, 3.63) is 16.3 Å². The first-order chi connectivity index (χ1) is 9.30. The van der Waals surface area contributed by atoms with Gasteiger partial charge in [-0.2, -0.15) is 4.31 Å². The molecule has 1 aromatic rings. The van der Waals surface area contributed by atoms with Gasteiger partial charge in [-0.3, -0.25) is 0 Å². The lowest BCUT2D eigenvalue weighted by Crippen LogP contribution is -2.38. The van der Waals surface area contributed by atoms with Gasteiger partial charge in [0.2, 0.25) is 10.0 Å². The van der Waals surface area contributed by atoms with Crippen molar-refractivity contribution in [3.63, 3.8) is 0 Å². The highest BCUT2D eigenvalue weighted by atomic mass is 32.2. The minimum atomic E-state index is -3.47. The Labute approximate surface area is 126 Å². The molecule has 1 unspecified atom stereocenters. The number of ether oxygens (including phenoxy) is 1. The number of hydrogen-bond acceptors (Lipinski definition) is 5. The van der Waals surface area contributed by atoms with Crippen LogP contribution in [-0.4, -0.2) is 45.6 Å². The summed E-state index contributed by atoms with van der Waals surface area (Å²) >= 11 is 1.46. The summed E-state index contributed by atoms with van der Waals surface area (Å²) in [6.45, 7) is 6.85. The van der Waals surface area contributed by atoms with E-state index in [2.05, 4.69) is 5.32 Å². The number of hydrogen-bond donors (Lipinski definition) is 1. The van der Waals surface area contributed by atoms with Gasteiger partial charge in [-0.25, -0.2) is 8.42 Å². The highest BCUT2D eigenvalue weighted by Crippen LogP contribution is 2.25. The summed E-state index contributed by atoms with van der Waals surface area (Å²) in [5.74, 6) is 0. The highest BCUT2D eigenvalue weighted by molar-refractivity contribution is 7.89. The summed E-state index contributed by atoms with van der Waals surface area (Å²) in [5, 5.41) is 5.07. The van der Waals surface area contributed by atoms with Crippen LogP contribution in [0.3, 0.4) is 0 Å². The summed E-state index contributed by atoms with van der Waals surface area (Å²) in [6.07, 6.45) is 0. The number of sulfonamides is 1. The molecule has 0 spiro atoms. The van der Waals surface area contributed by atoms with Crippen LogP contribution in [0.2, 0.25) is 0 Å². The molecule has 1 rings (SSSR count). The molecule has 0 saturated carbocycles. The van der Waals surface area contributed by atoms with E-state index in [9.17, 15) is 8.42 Å². The van der Waals surface area contributed by atoms with E-state index < -0.39 is 10.0 Å². The van der Waals surface area contributed by atoms with Crippen molar-refractivity contribution >= 4 is 21.4 Å². The predicted molar refractivity (Wildman–Crippen MR) is 82.6 cm³/mol. The van der Waals surface area contributed by atoms with Crippen LogP contribution in [0.1, 0.15) is 25.6 Å². The van der Waals surface area contributed by atoms with Gasteiger partial charge in [-0.1, -0.05) is 13.8 Å². The van der Waals surface area contributed by atoms with Gasteiger partial charge in [0, 0.05) is 37.7 Å². The lowest BCUT2D eigenvalue weighted by atomic mass is 10.4. The van der Waals surface area contributed by atoms with Gasteiger partial charge in [-0.05, 0) is 18.4 Å². The molecule has 1 N–H and O–H groups in total. The number of rotatable bonds is 8. The fourth-order valence-electron chi connectivity index (χ4n) is 1.72. The third kappa shape index (κ3) is 4.26. The molecule has 0 fully saturated rings. The second-order valence-electron chi connectivity index (χ2n) is 5.07. The van der Waals surface area contributed by atoms with Gasteiger partial charge in [0.25, 0.3) is 0 Å². The van der Waals surface area contributed by atoms with Crippen molar-refractivity contribution in [2.24, 2.45) is 0 Å². The summed E-state index contributed by atoms with van der Waals surface area (Å²) in [5.41, 5.74) is 0. The van der Waals surface area contributed by atoms with Crippen molar-refractivity contribution < 1.29 is 13.2 Å². The molecule has 7 heteroatoms. The quantitative estimate of drug-likeness (QED) is 0.795. The van der Waals surface area contributed by atoms with Crippen molar-refractivity contribution in [3.8, 4) is 0 Å². The zero-order valence-corrected chi connectivity index (χ0v) is 14.3. The fourth-order valence-corrected chi connectivity index (χ4v) is 4.43. The molecular weight excluding hydrogens is 296 g/mol. The first-order valence-corrected chi connectivity index (χ1v) is 8.89. The average Bonchev–Trinajstić information content (AvgIpc) is 2.84. The Morgan fingerprint density at radius 2 is 2.05 bits per heavy atom. The molecule has 0 aliphatic heterocycles. The van der Waals surface area contributed by atoms with E-state index in [1.807, 2.05) is 26.2 Å². The number of nitrogens with zero attached hydrogens (tertiary/aromatic N) is 1. The molecule has 1 aromatic heterocycles. The molecule has 20 heavy (non-hydrogen) atoms. The Kier molecular flexibility index (Phi) is 6.60. The van der Waals surface area contributed by atoms with Crippen LogP contribution in [0, 0.1) is 0 Å². The smallest absolute Gasteiger partial charge is 0.244 e. The summed E-state index contributed by atoms with van der Waals surface area (Å²) < 4.78 is 31.7. The molecule has 0 bridgehead atoms. The zero-order chi connectivity index (χ0) is 15.3. The minimum absolute atomic E-state index is 0.198. The van der Waals surface area contributed by atoms with Crippen molar-refractivity contribution in [1.29, 1.82) is 0 Å². The minimum Gasteiger partial charge on any atom is -0.383 e. The van der Waals surface area contributed by atoms with Gasteiger partial charge >= 0.3 is 0 Å². The number of likely N-dealkylation sites (N-methyl/N-ethyl adjacent to an activating group) is 1. The van der Waals surface area contributed by atoms with Crippen LogP contribution in [0.15, 0.2) is 16.3 Å². The van der Waals surface area contributed by atoms with E-state index in [4.69, 9.17) is 4.74 Å². The second-order valence-corrected chi connectivity index (χ2v) is 8.04. The molecule has 0 saturated heterocycles. The second kappa shape index (κ2) is 7.51. The summed E-state index contributed by atoms with van der Waals surface area (Å²) in [4.78, 5) is 1.23. The van der Waals surface area contributed by atoms with Gasteiger partial charge < -0.3 is 10.1 Å². The van der Waals surface area contributed by atoms with Crippen LogP contribution in [-0.2, 0) is 21.3 Å². The fraction of sp³-hybridized carbons (Fsp3) is 0.692. The molecule has 0 amide bonds. The summed E-state index contributed by atoms with van der Waals surface area (Å²) in [6, 6.07) is 1.79. The van der Waals surface area contributed by atoms with Gasteiger partial charge in [0.1, 0.15) is 0 Å². The van der Waals surface area contributed by atoms with E-state index in [0.717, 1.165) is 4.88 Å². The van der Waals surface area contributed by atoms with Gasteiger partial charge in [0.05, 0.1) is 11.5 Å². The molecular formula is C13H24N2O3S2. The van der Waals surface area contributed by atoms with Crippen LogP contribution >= 0.6 is 11.3 Å². The van der Waals surface area contributed by atoms with Crippen LogP contribution < -0.4 is 5.32 Å². The Bertz CT molecular complexity index is 511. The topological polar surface area (TPSA) is 58.6 Å². The number of thiophene rings is 1. The van der Waals surface area contributed by atoms with Crippen molar-refractivity contribution in [2.75, 3.05) is 20.8 Å². The third-order valence-electron chi connectivity index (χ3n) is 3.06. The Morgan fingerprint density at radius 1 is 1.40 bits per heavy atom. The zero-order valence-electron chi connectivity index (χ0n) is 12.7. The molecule has 5 nitrogen and oxygen atoms in total. The molecule has 1 atom stereocenters. The van der Waals surface area contributed by atoms with E-state index in [0.29, 0.717) is 24.1 Å². The van der Waals surface area contributed by atoms with Crippen molar-refractivity contribution in [2.45, 2.75) is 44.3 Å². The Morgan fingerprint density at radius 3 is 2.60 bits per heavy atom. The number of nitrogens with one attached hydrogen (secondary N) is 1. The molecule has 116 valence electrons. The lowest BCUT2D eigenvalue weighted by Gasteiger charge is -2.24. The highest BCUT2D eigenvalue weighted by Gasteiger charge is 2.28. The monoisotopic (exact) mass is 320 g/mol. The lowest BCUT2D eigenvalue weighted by molar-refractivity contribution is 0.149. The molecule has 0 aliphatic rings. The molecule has 0 radical (unpaired) electrons. The average molecular weight is 320 g/mol. The van der Waals surface area contributed by atoms with Crippen LogP contribution in [0.25, 0.3) is 0 Å². The first kappa shape index (κ1) is 17.6. The Hall–Kier alpha value is -0.470. The maximum atomic E-state index is 12.6. The predicted octanol–water partition coefficient (Wildman–Crippen LogP) is 1.90. The normalized spacial score (nSPS) is 14.2. The van der Waals surface area contributed by atoms with Crippen LogP contribution in [0.5, 0.6) is 0 Å². The third-order valence-corrected chi connectivity index (χ3v) is 6.17. The van der Waals surface area contributed by atoms with Crippen molar-refractivity contribution in [1.82, 2.24) is 9.62 Å². The largest absolute Gasteiger partial charge is 0.383 e. The van der Waals surface area contributed by atoms with E-state index in [1.54, 1.807) is 20.2 Å². The maximum absolute atomic E-state index is 12.6. The van der Waals surface area contributed by atoms with E-state index in [1.165, 1.54) is 15.6 Å². The molecule has 0 aromatic carbocycles. The van der Waals surface area contributed by atoms with Gasteiger partial charge in [-0.15, -0.1) is 11.3 Å². The Balaban J connectivity index is 2.95. The first-order valence-electron chi connectivity index (χ1n) is 6.57. The maximum Gasteiger partial charge on any atom is 0.244 e. The van der Waals surface area contributed by atoms with Crippen LogP contribution in [0.4, 0.5) is 0 Å². The van der Waals surface area contributed by atoms with Gasteiger partial charge in [0.15, 0.2) is 0 Å². The SMILES string of the molecule is COCC(C)N(C)S(=O)(=O)c1ccsc1CNC(C)C. The molecule has 1 heterocycles. The number of methoxy groups -OCH3 is 1. The standard InChI is InChI=1S/C13H24N2O3S2/c1-10(2)14-8-12-13(6-7-19-12)20(16,17)15(4)11(3)9-18-5/h6-7,10-11,14H,8-9H2,1-5H3. The van der Waals surface area contributed by atoms with E-state index in [-0.39, 0.29) is 6.04 Å². The summed E-state index contributed by atoms with van der Waals surface area (Å²) in [7, 11) is -0.309. The van der Waals surface area contributed by atoms with E-state index >= 15 is 0 Å². The molecule has 0 aliphatic carbocycles.